The molecule has 0 saturated carbocycles. The van der Waals surface area contributed by atoms with Gasteiger partial charge in [0.2, 0.25) is 0 Å². The summed E-state index contributed by atoms with van der Waals surface area (Å²) in [4.78, 5) is 0. The van der Waals surface area contributed by atoms with Crippen LogP contribution in [0.25, 0.3) is 0 Å². The van der Waals surface area contributed by atoms with Crippen LogP contribution in [0.1, 0.15) is 112 Å². The molecule has 0 aromatic heterocycles. The Morgan fingerprint density at radius 3 is 1.60 bits per heavy atom. The lowest BCUT2D eigenvalue weighted by atomic mass is 9.76. The van der Waals surface area contributed by atoms with Gasteiger partial charge in [-0.3, -0.25) is 0 Å². The average molecular weight is 283 g/mol. The van der Waals surface area contributed by atoms with Crippen molar-refractivity contribution in [2.75, 3.05) is 0 Å². The quantitative estimate of drug-likeness (QED) is 0.287. The topological polar surface area (TPSA) is 0 Å². The molecule has 0 amide bonds. The molecule has 122 valence electrons. The van der Waals surface area contributed by atoms with Crippen LogP contribution in [0.2, 0.25) is 0 Å². The molecule has 0 aromatic rings. The van der Waals surface area contributed by atoms with Crippen molar-refractivity contribution in [1.29, 1.82) is 0 Å². The number of hydrogen-bond acceptors (Lipinski definition) is 0. The lowest BCUT2D eigenvalue weighted by Gasteiger charge is -2.30. The third-order valence-corrected chi connectivity index (χ3v) is 5.11. The standard InChI is InChI=1S/C20H42/c1-6-9-11-12-14-17-20(18(4)15-8-3)19(5)16-13-10-7-2/h18-20H,6-17H2,1-5H3. The van der Waals surface area contributed by atoms with E-state index in [0.717, 1.165) is 17.8 Å². The van der Waals surface area contributed by atoms with E-state index >= 15 is 0 Å². The smallest absolute Gasteiger partial charge is 0.0363 e. The first kappa shape index (κ1) is 20.0. The van der Waals surface area contributed by atoms with Crippen LogP contribution in [-0.2, 0) is 0 Å². The Kier molecular flexibility index (Phi) is 14.0. The molecular formula is C20H42. The summed E-state index contributed by atoms with van der Waals surface area (Å²) in [6, 6.07) is 0. The third-order valence-electron chi connectivity index (χ3n) is 5.11. The number of rotatable bonds is 14. The third kappa shape index (κ3) is 9.83. The van der Waals surface area contributed by atoms with Gasteiger partial charge in [0.1, 0.15) is 0 Å². The van der Waals surface area contributed by atoms with Gasteiger partial charge in [0, 0.05) is 0 Å². The molecule has 0 aliphatic carbocycles. The molecule has 0 rings (SSSR count). The molecule has 0 aliphatic rings. The van der Waals surface area contributed by atoms with Crippen molar-refractivity contribution in [3.8, 4) is 0 Å². The predicted octanol–water partition coefficient (Wildman–Crippen LogP) is 7.62. The van der Waals surface area contributed by atoms with Crippen molar-refractivity contribution in [3.63, 3.8) is 0 Å². The van der Waals surface area contributed by atoms with Gasteiger partial charge in [-0.25, -0.2) is 0 Å². The molecule has 3 unspecified atom stereocenters. The van der Waals surface area contributed by atoms with Crippen molar-refractivity contribution >= 4 is 0 Å². The fourth-order valence-electron chi connectivity index (χ4n) is 3.71. The second-order valence-corrected chi connectivity index (χ2v) is 7.11. The highest BCUT2D eigenvalue weighted by Crippen LogP contribution is 2.32. The number of unbranched alkanes of at least 4 members (excludes halogenated alkanes) is 6. The molecule has 0 spiro atoms. The molecule has 0 N–H and O–H groups in total. The monoisotopic (exact) mass is 282 g/mol. The first-order chi connectivity index (χ1) is 9.67. The van der Waals surface area contributed by atoms with Gasteiger partial charge in [-0.05, 0) is 24.2 Å². The Labute approximate surface area is 130 Å². The normalized spacial score (nSPS) is 16.1. The van der Waals surface area contributed by atoms with Crippen molar-refractivity contribution in [3.05, 3.63) is 0 Å². The van der Waals surface area contributed by atoms with Crippen LogP contribution in [0.4, 0.5) is 0 Å². The fourth-order valence-corrected chi connectivity index (χ4v) is 3.71. The Bertz CT molecular complexity index is 184. The second-order valence-electron chi connectivity index (χ2n) is 7.11. The van der Waals surface area contributed by atoms with Gasteiger partial charge in [-0.1, -0.05) is 105 Å². The van der Waals surface area contributed by atoms with Crippen LogP contribution in [-0.4, -0.2) is 0 Å². The molecular weight excluding hydrogens is 240 g/mol. The fraction of sp³-hybridized carbons (Fsp3) is 1.00. The first-order valence-electron chi connectivity index (χ1n) is 9.67. The lowest BCUT2D eigenvalue weighted by Crippen LogP contribution is -2.20. The molecule has 0 aliphatic heterocycles. The van der Waals surface area contributed by atoms with Crippen LogP contribution in [0.3, 0.4) is 0 Å². The lowest BCUT2D eigenvalue weighted by molar-refractivity contribution is 0.207. The molecule has 0 bridgehead atoms. The van der Waals surface area contributed by atoms with E-state index in [1.54, 1.807) is 0 Å². The van der Waals surface area contributed by atoms with Gasteiger partial charge in [0.05, 0.1) is 0 Å². The summed E-state index contributed by atoms with van der Waals surface area (Å²) in [5.74, 6) is 2.85. The maximum Gasteiger partial charge on any atom is -0.0363 e. The molecule has 0 nitrogen and oxygen atoms in total. The maximum absolute atomic E-state index is 2.53. The minimum atomic E-state index is 0.933. The van der Waals surface area contributed by atoms with Crippen LogP contribution < -0.4 is 0 Å². The van der Waals surface area contributed by atoms with Gasteiger partial charge in [-0.2, -0.15) is 0 Å². The Hall–Kier alpha value is 0. The van der Waals surface area contributed by atoms with Crippen molar-refractivity contribution in [2.45, 2.75) is 112 Å². The van der Waals surface area contributed by atoms with Gasteiger partial charge < -0.3 is 0 Å². The minimum Gasteiger partial charge on any atom is -0.0654 e. The van der Waals surface area contributed by atoms with Crippen molar-refractivity contribution in [2.24, 2.45) is 17.8 Å². The van der Waals surface area contributed by atoms with E-state index < -0.39 is 0 Å². The van der Waals surface area contributed by atoms with Gasteiger partial charge in [0.25, 0.3) is 0 Å². The molecule has 0 saturated heterocycles. The predicted molar refractivity (Wildman–Crippen MR) is 94.2 cm³/mol. The summed E-state index contributed by atoms with van der Waals surface area (Å²) < 4.78 is 0. The highest BCUT2D eigenvalue weighted by atomic mass is 14.3. The Balaban J connectivity index is 4.11. The van der Waals surface area contributed by atoms with Crippen LogP contribution in [0.5, 0.6) is 0 Å². The maximum atomic E-state index is 2.53. The molecule has 0 fully saturated rings. The minimum absolute atomic E-state index is 0.933. The zero-order valence-corrected chi connectivity index (χ0v) is 15.2. The molecule has 0 aromatic carbocycles. The average Bonchev–Trinajstić information content (AvgIpc) is 2.43. The van der Waals surface area contributed by atoms with Crippen molar-refractivity contribution in [1.82, 2.24) is 0 Å². The largest absolute Gasteiger partial charge is 0.0654 e. The Morgan fingerprint density at radius 1 is 0.500 bits per heavy atom. The summed E-state index contributed by atoms with van der Waals surface area (Å²) in [5.41, 5.74) is 0. The van der Waals surface area contributed by atoms with Gasteiger partial charge in [-0.15, -0.1) is 0 Å². The van der Waals surface area contributed by atoms with Crippen molar-refractivity contribution < 1.29 is 0 Å². The molecule has 20 heavy (non-hydrogen) atoms. The zero-order valence-electron chi connectivity index (χ0n) is 15.2. The summed E-state index contributed by atoms with van der Waals surface area (Å²) in [7, 11) is 0. The van der Waals surface area contributed by atoms with Crippen LogP contribution in [0, 0.1) is 17.8 Å². The first-order valence-corrected chi connectivity index (χ1v) is 9.67. The summed E-state index contributed by atoms with van der Waals surface area (Å²) in [5, 5.41) is 0. The van der Waals surface area contributed by atoms with Gasteiger partial charge in [0.15, 0.2) is 0 Å². The van der Waals surface area contributed by atoms with E-state index in [2.05, 4.69) is 34.6 Å². The summed E-state index contributed by atoms with van der Waals surface area (Å²) >= 11 is 0. The highest BCUT2D eigenvalue weighted by Gasteiger charge is 2.22. The Morgan fingerprint density at radius 2 is 1.00 bits per heavy atom. The second kappa shape index (κ2) is 14.0. The molecule has 3 atom stereocenters. The van der Waals surface area contributed by atoms with E-state index in [0.29, 0.717) is 0 Å². The number of hydrogen-bond donors (Lipinski definition) is 0. The highest BCUT2D eigenvalue weighted by molar-refractivity contribution is 4.72. The molecule has 0 heterocycles. The summed E-state index contributed by atoms with van der Waals surface area (Å²) in [6.07, 6.45) is 17.1. The van der Waals surface area contributed by atoms with E-state index in [9.17, 15) is 0 Å². The zero-order chi connectivity index (χ0) is 15.2. The van der Waals surface area contributed by atoms with E-state index in [-0.39, 0.29) is 0 Å². The van der Waals surface area contributed by atoms with E-state index in [4.69, 9.17) is 0 Å². The van der Waals surface area contributed by atoms with E-state index in [1.807, 2.05) is 0 Å². The van der Waals surface area contributed by atoms with Crippen LogP contribution >= 0.6 is 0 Å². The molecule has 0 heteroatoms. The van der Waals surface area contributed by atoms with Gasteiger partial charge >= 0.3 is 0 Å². The van der Waals surface area contributed by atoms with Crippen LogP contribution in [0.15, 0.2) is 0 Å². The summed E-state index contributed by atoms with van der Waals surface area (Å²) in [6.45, 7) is 12.0. The SMILES string of the molecule is CCCCCCCC(C(C)CCC)C(C)CCCCC. The molecule has 0 radical (unpaired) electrons. The van der Waals surface area contributed by atoms with E-state index in [1.165, 1.54) is 77.0 Å².